The zero-order chi connectivity index (χ0) is 15.2. The molecule has 0 saturated carbocycles. The summed E-state index contributed by atoms with van der Waals surface area (Å²) in [5, 5.41) is 7.35. The van der Waals surface area contributed by atoms with Crippen LogP contribution in [0.25, 0.3) is 0 Å². The summed E-state index contributed by atoms with van der Waals surface area (Å²) in [5.41, 5.74) is 1.95. The Morgan fingerprint density at radius 2 is 2.00 bits per heavy atom. The molecule has 0 aliphatic carbocycles. The number of aromatic nitrogens is 1. The molecule has 3 rings (SSSR count). The Labute approximate surface area is 131 Å². The lowest BCUT2D eigenvalue weighted by molar-refractivity contribution is 0.338. The number of nitrogens with one attached hydrogen (secondary N) is 1. The van der Waals surface area contributed by atoms with E-state index >= 15 is 0 Å². The molecule has 0 spiro atoms. The van der Waals surface area contributed by atoms with E-state index in [0.29, 0.717) is 6.54 Å². The highest BCUT2D eigenvalue weighted by Gasteiger charge is 2.15. The van der Waals surface area contributed by atoms with Crippen molar-refractivity contribution in [1.29, 1.82) is 0 Å². The van der Waals surface area contributed by atoms with Gasteiger partial charge < -0.3 is 14.7 Å². The number of benzene rings is 1. The third-order valence-electron chi connectivity index (χ3n) is 3.75. The molecule has 22 heavy (non-hydrogen) atoms. The number of rotatable bonds is 3. The molecule has 5 heteroatoms. The summed E-state index contributed by atoms with van der Waals surface area (Å²) in [6.45, 7) is 4.53. The average molecular weight is 298 g/mol. The predicted molar refractivity (Wildman–Crippen MR) is 87.9 cm³/mol. The molecular formula is C17H22N4O. The zero-order valence-corrected chi connectivity index (χ0v) is 13.0. The molecule has 0 unspecified atom stereocenters. The maximum Gasteiger partial charge on any atom is 0.198 e. The smallest absolute Gasteiger partial charge is 0.198 e. The first-order valence-electron chi connectivity index (χ1n) is 7.85. The minimum absolute atomic E-state index is 0.506. The summed E-state index contributed by atoms with van der Waals surface area (Å²) < 4.78 is 5.25. The monoisotopic (exact) mass is 298 g/mol. The normalized spacial score (nSPS) is 15.9. The topological polar surface area (TPSA) is 53.7 Å². The van der Waals surface area contributed by atoms with Gasteiger partial charge in [-0.25, -0.2) is 4.99 Å². The summed E-state index contributed by atoms with van der Waals surface area (Å²) in [6.07, 6.45) is 3.74. The van der Waals surface area contributed by atoms with E-state index in [-0.39, 0.29) is 0 Å². The first-order chi connectivity index (χ1) is 10.8. The third-order valence-corrected chi connectivity index (χ3v) is 3.75. The minimum atomic E-state index is 0.506. The van der Waals surface area contributed by atoms with Crippen molar-refractivity contribution in [3.05, 3.63) is 47.9 Å². The second-order valence-electron chi connectivity index (χ2n) is 5.61. The van der Waals surface area contributed by atoms with E-state index in [4.69, 9.17) is 9.52 Å². The molecule has 0 atom stereocenters. The van der Waals surface area contributed by atoms with Crippen LogP contribution in [0.3, 0.4) is 0 Å². The largest absolute Gasteiger partial charge is 0.359 e. The number of guanidine groups is 1. The second kappa shape index (κ2) is 7.11. The van der Waals surface area contributed by atoms with Crippen molar-refractivity contribution >= 4 is 11.6 Å². The molecule has 2 aromatic rings. The molecule has 1 aliphatic heterocycles. The van der Waals surface area contributed by atoms with Gasteiger partial charge in [-0.2, -0.15) is 0 Å². The minimum Gasteiger partial charge on any atom is -0.359 e. The van der Waals surface area contributed by atoms with E-state index in [2.05, 4.69) is 27.5 Å². The molecule has 5 nitrogen and oxygen atoms in total. The van der Waals surface area contributed by atoms with Crippen LogP contribution in [0.15, 0.2) is 45.9 Å². The van der Waals surface area contributed by atoms with Crippen LogP contribution in [-0.2, 0) is 6.54 Å². The summed E-state index contributed by atoms with van der Waals surface area (Å²) >= 11 is 0. The number of aryl methyl sites for hydroxylation is 1. The lowest BCUT2D eigenvalue weighted by Crippen LogP contribution is -2.40. The van der Waals surface area contributed by atoms with Gasteiger partial charge in [0, 0.05) is 24.8 Å². The van der Waals surface area contributed by atoms with Crippen molar-refractivity contribution in [1.82, 2.24) is 10.1 Å². The number of piperidine rings is 1. The maximum absolute atomic E-state index is 5.25. The number of aliphatic imine (C=N–C) groups is 1. The summed E-state index contributed by atoms with van der Waals surface area (Å²) in [5.74, 6) is 1.71. The highest BCUT2D eigenvalue weighted by atomic mass is 16.5. The van der Waals surface area contributed by atoms with Crippen LogP contribution in [0, 0.1) is 6.92 Å². The molecule has 116 valence electrons. The lowest BCUT2D eigenvalue weighted by Gasteiger charge is -2.30. The van der Waals surface area contributed by atoms with Gasteiger partial charge in [0.15, 0.2) is 11.7 Å². The van der Waals surface area contributed by atoms with Gasteiger partial charge in [0.2, 0.25) is 0 Å². The van der Waals surface area contributed by atoms with Gasteiger partial charge in [-0.1, -0.05) is 23.4 Å². The quantitative estimate of drug-likeness (QED) is 0.696. The van der Waals surface area contributed by atoms with Crippen LogP contribution in [0.1, 0.15) is 30.7 Å². The number of likely N-dealkylation sites (tertiary alicyclic amines) is 1. The Balaban J connectivity index is 1.75. The van der Waals surface area contributed by atoms with E-state index in [1.807, 2.05) is 31.2 Å². The van der Waals surface area contributed by atoms with Crippen molar-refractivity contribution in [2.75, 3.05) is 18.4 Å². The van der Waals surface area contributed by atoms with Gasteiger partial charge in [0.05, 0.1) is 5.69 Å². The molecular weight excluding hydrogens is 276 g/mol. The molecule has 1 saturated heterocycles. The highest BCUT2D eigenvalue weighted by Crippen LogP contribution is 2.13. The van der Waals surface area contributed by atoms with Crippen molar-refractivity contribution < 1.29 is 4.52 Å². The first kappa shape index (κ1) is 14.6. The van der Waals surface area contributed by atoms with Gasteiger partial charge in [-0.05, 0) is 38.3 Å². The summed E-state index contributed by atoms with van der Waals surface area (Å²) in [4.78, 5) is 7.04. The third kappa shape index (κ3) is 3.87. The van der Waals surface area contributed by atoms with E-state index in [1.54, 1.807) is 0 Å². The van der Waals surface area contributed by atoms with Crippen LogP contribution in [0.4, 0.5) is 5.69 Å². The van der Waals surface area contributed by atoms with Crippen LogP contribution in [0.5, 0.6) is 0 Å². The Morgan fingerprint density at radius 1 is 1.23 bits per heavy atom. The molecule has 1 aromatic carbocycles. The van der Waals surface area contributed by atoms with Gasteiger partial charge in [0.25, 0.3) is 0 Å². The van der Waals surface area contributed by atoms with Gasteiger partial charge >= 0.3 is 0 Å². The van der Waals surface area contributed by atoms with E-state index in [0.717, 1.165) is 36.2 Å². The summed E-state index contributed by atoms with van der Waals surface area (Å²) in [6, 6.07) is 12.1. The van der Waals surface area contributed by atoms with Gasteiger partial charge in [-0.15, -0.1) is 0 Å². The van der Waals surface area contributed by atoms with Crippen molar-refractivity contribution in [2.45, 2.75) is 32.7 Å². The van der Waals surface area contributed by atoms with Gasteiger partial charge in [0.1, 0.15) is 6.54 Å². The molecule has 1 aliphatic rings. The van der Waals surface area contributed by atoms with E-state index in [1.165, 1.54) is 19.3 Å². The van der Waals surface area contributed by atoms with Crippen molar-refractivity contribution in [3.63, 3.8) is 0 Å². The lowest BCUT2D eigenvalue weighted by atomic mass is 10.1. The van der Waals surface area contributed by atoms with Gasteiger partial charge in [-0.3, -0.25) is 0 Å². The Morgan fingerprint density at radius 3 is 2.68 bits per heavy atom. The Kier molecular flexibility index (Phi) is 4.73. The Bertz CT molecular complexity index is 615. The standard InChI is InChI=1S/C17H22N4O/c1-14-12-16(22-20-14)13-18-17(21-10-6-3-7-11-21)19-15-8-4-2-5-9-15/h2,4-5,8-9,12H,3,6-7,10-11,13H2,1H3,(H,18,19). The van der Waals surface area contributed by atoms with Crippen LogP contribution < -0.4 is 5.32 Å². The Hall–Kier alpha value is -2.30. The molecule has 0 radical (unpaired) electrons. The fourth-order valence-electron chi connectivity index (χ4n) is 2.62. The van der Waals surface area contributed by atoms with E-state index in [9.17, 15) is 0 Å². The average Bonchev–Trinajstić information content (AvgIpc) is 2.99. The van der Waals surface area contributed by atoms with Crippen molar-refractivity contribution in [2.24, 2.45) is 4.99 Å². The van der Waals surface area contributed by atoms with Crippen LogP contribution in [-0.4, -0.2) is 29.1 Å². The molecule has 1 fully saturated rings. The first-order valence-corrected chi connectivity index (χ1v) is 7.85. The number of hydrogen-bond donors (Lipinski definition) is 1. The maximum atomic E-state index is 5.25. The van der Waals surface area contributed by atoms with Crippen LogP contribution >= 0.6 is 0 Å². The number of nitrogens with zero attached hydrogens (tertiary/aromatic N) is 3. The molecule has 1 aromatic heterocycles. The van der Waals surface area contributed by atoms with Crippen LogP contribution in [0.2, 0.25) is 0 Å². The summed E-state index contributed by atoms with van der Waals surface area (Å²) in [7, 11) is 0. The number of anilines is 1. The predicted octanol–water partition coefficient (Wildman–Crippen LogP) is 3.44. The number of para-hydroxylation sites is 1. The molecule has 2 heterocycles. The molecule has 1 N–H and O–H groups in total. The fourth-order valence-corrected chi connectivity index (χ4v) is 2.62. The molecule has 0 amide bonds. The van der Waals surface area contributed by atoms with Crippen molar-refractivity contribution in [3.8, 4) is 0 Å². The fraction of sp³-hybridized carbons (Fsp3) is 0.412. The number of hydrogen-bond acceptors (Lipinski definition) is 3. The van der Waals surface area contributed by atoms with E-state index < -0.39 is 0 Å². The highest BCUT2D eigenvalue weighted by molar-refractivity contribution is 5.93. The second-order valence-corrected chi connectivity index (χ2v) is 5.61. The molecule has 0 bridgehead atoms. The zero-order valence-electron chi connectivity index (χ0n) is 13.0. The SMILES string of the molecule is Cc1cc(CN=C(Nc2ccccc2)N2CCCCC2)on1.